The first kappa shape index (κ1) is 3.67. The van der Waals surface area contributed by atoms with E-state index in [0.717, 1.165) is 10.9 Å². The van der Waals surface area contributed by atoms with Gasteiger partial charge in [0, 0.05) is 29.5 Å². The largest absolute Gasteiger partial charge is 0.361 e. The Kier molecular flexibility index (Phi) is 0.646. The van der Waals surface area contributed by atoms with Crippen LogP contribution >= 0.6 is 0 Å². The second-order valence-corrected chi connectivity index (χ2v) is 1.88. The molecule has 2 heterocycles. The fourth-order valence-electron chi connectivity index (χ4n) is 0.827. The zero-order valence-corrected chi connectivity index (χ0v) is 4.76. The summed E-state index contributed by atoms with van der Waals surface area (Å²) >= 11 is 0. The lowest BCUT2D eigenvalue weighted by molar-refractivity contribution is 1.36. The lowest BCUT2D eigenvalue weighted by Gasteiger charge is -1.82. The molecule has 2 nitrogen and oxygen atoms in total. The van der Waals surface area contributed by atoms with Crippen LogP contribution in [0.25, 0.3) is 10.9 Å². The molecule has 2 aromatic heterocycles. The van der Waals surface area contributed by atoms with E-state index in [9.17, 15) is 0 Å². The quantitative estimate of drug-likeness (QED) is 0.560. The number of H-pyrrole nitrogens is 1. The van der Waals surface area contributed by atoms with Gasteiger partial charge in [-0.1, -0.05) is 0 Å². The first-order valence-corrected chi connectivity index (χ1v) is 2.75. The van der Waals surface area contributed by atoms with Crippen LogP contribution in [-0.4, -0.2) is 9.97 Å². The topological polar surface area (TPSA) is 28.7 Å². The number of hydrogen-bond acceptors (Lipinski definition) is 1. The molecule has 0 amide bonds. The lowest BCUT2D eigenvalue weighted by atomic mass is 10.3. The highest BCUT2D eigenvalue weighted by molar-refractivity contribution is 5.77. The average Bonchev–Trinajstić information content (AvgIpc) is 2.27. The van der Waals surface area contributed by atoms with Crippen LogP contribution in [0.15, 0.2) is 30.7 Å². The molecule has 2 aromatic rings. The highest BCUT2D eigenvalue weighted by Gasteiger charge is 1.87. The maximum absolute atomic E-state index is 7.24. The Morgan fingerprint density at radius 3 is 3.44 bits per heavy atom. The van der Waals surface area contributed by atoms with Crippen LogP contribution in [-0.2, 0) is 0 Å². The maximum Gasteiger partial charge on any atom is 0.0816 e. The van der Waals surface area contributed by atoms with Crippen LogP contribution in [0.5, 0.6) is 0 Å². The lowest BCUT2D eigenvalue weighted by Crippen LogP contribution is -1.67. The van der Waals surface area contributed by atoms with Crippen molar-refractivity contribution in [1.29, 1.82) is 0 Å². The smallest absolute Gasteiger partial charge is 0.0816 e. The monoisotopic (exact) mass is 119 g/mol. The fourth-order valence-corrected chi connectivity index (χ4v) is 0.827. The van der Waals surface area contributed by atoms with Gasteiger partial charge in [0.15, 0.2) is 0 Å². The second-order valence-electron chi connectivity index (χ2n) is 1.88. The van der Waals surface area contributed by atoms with Gasteiger partial charge < -0.3 is 4.98 Å². The molecule has 0 fully saturated rings. The van der Waals surface area contributed by atoms with Crippen LogP contribution in [0, 0.1) is 0 Å². The molecule has 0 radical (unpaired) electrons. The van der Waals surface area contributed by atoms with Crippen LogP contribution in [0.2, 0.25) is 0 Å². The maximum atomic E-state index is 7.24. The molecule has 1 N–H and O–H groups in total. The third kappa shape index (κ3) is 0.598. The van der Waals surface area contributed by atoms with Crippen molar-refractivity contribution in [2.24, 2.45) is 0 Å². The second kappa shape index (κ2) is 1.58. The van der Waals surface area contributed by atoms with E-state index in [-0.39, 0.29) is 0 Å². The molecule has 0 spiro atoms. The van der Waals surface area contributed by atoms with Gasteiger partial charge in [-0.15, -0.1) is 0 Å². The molecule has 2 rings (SSSR count). The van der Waals surface area contributed by atoms with Crippen molar-refractivity contribution in [3.05, 3.63) is 30.7 Å². The van der Waals surface area contributed by atoms with E-state index >= 15 is 0 Å². The molecule has 0 saturated heterocycles. The van der Waals surface area contributed by atoms with Crippen molar-refractivity contribution in [2.45, 2.75) is 0 Å². The summed E-state index contributed by atoms with van der Waals surface area (Å²) in [5.41, 5.74) is 0.972. The first-order valence-electron chi connectivity index (χ1n) is 3.25. The van der Waals surface area contributed by atoms with Gasteiger partial charge in [-0.25, -0.2) is 0 Å². The summed E-state index contributed by atoms with van der Waals surface area (Å²) in [6, 6.07) is 3.61. The number of fused-ring (bicyclic) bond motifs is 1. The zero-order chi connectivity index (χ0) is 6.97. The Morgan fingerprint density at radius 1 is 1.56 bits per heavy atom. The van der Waals surface area contributed by atoms with Crippen molar-refractivity contribution in [3.63, 3.8) is 0 Å². The van der Waals surface area contributed by atoms with Crippen molar-refractivity contribution >= 4 is 10.9 Å². The molecule has 0 aliphatic heterocycles. The molecular formula is C7H6N2. The van der Waals surface area contributed by atoms with Crippen LogP contribution in [0.4, 0.5) is 0 Å². The number of hydrogen-bond donors (Lipinski definition) is 1. The fraction of sp³-hybridized carbons (Fsp3) is 0. The molecule has 0 atom stereocenters. The molecule has 44 valence electrons. The van der Waals surface area contributed by atoms with E-state index in [0.29, 0.717) is 6.17 Å². The number of nitrogens with zero attached hydrogens (tertiary/aromatic N) is 1. The van der Waals surface area contributed by atoms with E-state index in [1.165, 1.54) is 0 Å². The Labute approximate surface area is 53.9 Å². The van der Waals surface area contributed by atoms with Crippen molar-refractivity contribution < 1.29 is 1.37 Å². The average molecular weight is 119 g/mol. The minimum Gasteiger partial charge on any atom is -0.361 e. The third-order valence-corrected chi connectivity index (χ3v) is 1.29. The normalized spacial score (nSPS) is 11.8. The van der Waals surface area contributed by atoms with Gasteiger partial charge in [0.05, 0.1) is 1.37 Å². The SMILES string of the molecule is [2H]c1cc2cnccc2[nH]1. The van der Waals surface area contributed by atoms with Crippen molar-refractivity contribution in [1.82, 2.24) is 9.97 Å². The molecule has 0 aliphatic rings. The summed E-state index contributed by atoms with van der Waals surface area (Å²) in [4.78, 5) is 6.81. The van der Waals surface area contributed by atoms with Gasteiger partial charge in [0.2, 0.25) is 0 Å². The predicted molar refractivity (Wildman–Crippen MR) is 36.1 cm³/mol. The minimum absolute atomic E-state index is 0.433. The van der Waals surface area contributed by atoms with Gasteiger partial charge in [0.25, 0.3) is 0 Å². The number of aromatic amines is 1. The number of aromatic nitrogens is 2. The van der Waals surface area contributed by atoms with Crippen LogP contribution in [0.1, 0.15) is 1.37 Å². The minimum atomic E-state index is 0.433. The van der Waals surface area contributed by atoms with Gasteiger partial charge in [-0.3, -0.25) is 4.98 Å². The Balaban J connectivity index is 2.88. The zero-order valence-electron chi connectivity index (χ0n) is 5.76. The highest BCUT2D eigenvalue weighted by atomic mass is 14.7. The number of rotatable bonds is 0. The molecular weight excluding hydrogens is 112 g/mol. The first-order chi connectivity index (χ1) is 4.86. The summed E-state index contributed by atoms with van der Waals surface area (Å²) in [6.07, 6.45) is 3.88. The van der Waals surface area contributed by atoms with Gasteiger partial charge in [0.1, 0.15) is 0 Å². The third-order valence-electron chi connectivity index (χ3n) is 1.29. The summed E-state index contributed by atoms with van der Waals surface area (Å²) in [6.45, 7) is 0. The summed E-state index contributed by atoms with van der Waals surface area (Å²) in [7, 11) is 0. The van der Waals surface area contributed by atoms with Crippen LogP contribution in [0.3, 0.4) is 0 Å². The van der Waals surface area contributed by atoms with Gasteiger partial charge in [-0.2, -0.15) is 0 Å². The van der Waals surface area contributed by atoms with Gasteiger partial charge >= 0.3 is 0 Å². The molecule has 9 heavy (non-hydrogen) atoms. The van der Waals surface area contributed by atoms with Crippen molar-refractivity contribution in [3.8, 4) is 0 Å². The molecule has 0 aliphatic carbocycles. The van der Waals surface area contributed by atoms with E-state index in [4.69, 9.17) is 1.37 Å². The molecule has 0 aromatic carbocycles. The number of pyridine rings is 1. The molecule has 2 heteroatoms. The Morgan fingerprint density at radius 2 is 2.56 bits per heavy atom. The van der Waals surface area contributed by atoms with Crippen LogP contribution < -0.4 is 0 Å². The summed E-state index contributed by atoms with van der Waals surface area (Å²) < 4.78 is 7.24. The van der Waals surface area contributed by atoms with Gasteiger partial charge in [-0.05, 0) is 12.1 Å². The number of nitrogens with one attached hydrogen (secondary N) is 1. The van der Waals surface area contributed by atoms with E-state index in [2.05, 4.69) is 9.97 Å². The van der Waals surface area contributed by atoms with E-state index in [1.54, 1.807) is 18.5 Å². The standard InChI is InChI=1S/C7H6N2/c1-4-9-7-2-3-8-5-6(1)7/h1-5,9H/i4D. The van der Waals surface area contributed by atoms with E-state index in [1.807, 2.05) is 6.07 Å². The van der Waals surface area contributed by atoms with E-state index < -0.39 is 0 Å². The molecule has 0 saturated carbocycles. The summed E-state index contributed by atoms with van der Waals surface area (Å²) in [5, 5.41) is 0.993. The Bertz CT molecular complexity index is 320. The highest BCUT2D eigenvalue weighted by Crippen LogP contribution is 2.07. The summed E-state index contributed by atoms with van der Waals surface area (Å²) in [5.74, 6) is 0. The van der Waals surface area contributed by atoms with Crippen molar-refractivity contribution in [2.75, 3.05) is 0 Å². The predicted octanol–water partition coefficient (Wildman–Crippen LogP) is 1.56. The molecule has 0 unspecified atom stereocenters. The Hall–Kier alpha value is -1.31. The molecule has 0 bridgehead atoms.